The molecule has 2 nitrogen and oxygen atoms in total. The first-order chi connectivity index (χ1) is 9.34. The van der Waals surface area contributed by atoms with Crippen LogP contribution in [0.5, 0.6) is 5.75 Å². The van der Waals surface area contributed by atoms with Crippen molar-refractivity contribution < 1.29 is 4.74 Å². The second-order valence-corrected chi connectivity index (χ2v) is 7.49. The molecule has 1 aromatic carbocycles. The highest BCUT2D eigenvalue weighted by Crippen LogP contribution is 2.42. The van der Waals surface area contributed by atoms with Gasteiger partial charge in [-0.3, -0.25) is 0 Å². The lowest BCUT2D eigenvalue weighted by molar-refractivity contribution is 0.133. The van der Waals surface area contributed by atoms with Crippen molar-refractivity contribution in [1.82, 2.24) is 0 Å². The summed E-state index contributed by atoms with van der Waals surface area (Å²) in [5, 5.41) is 0. The topological polar surface area (TPSA) is 35.2 Å². The summed E-state index contributed by atoms with van der Waals surface area (Å²) in [5.41, 5.74) is 8.26. The Bertz CT molecular complexity index is 439. The molecule has 2 N–H and O–H groups in total. The maximum absolute atomic E-state index is 6.66. The smallest absolute Gasteiger partial charge is 0.122 e. The SMILES string of the molecule is COc1ccccc1CC1(N)CCC(C(C)(C)C)CC1. The number of hydrogen-bond donors (Lipinski definition) is 1. The molecule has 1 aromatic rings. The fourth-order valence-corrected chi connectivity index (χ4v) is 3.46. The number of ether oxygens (including phenoxy) is 1. The van der Waals surface area contributed by atoms with E-state index < -0.39 is 0 Å². The first-order valence-electron chi connectivity index (χ1n) is 7.75. The summed E-state index contributed by atoms with van der Waals surface area (Å²) in [6.07, 6.45) is 5.65. The molecule has 0 unspecified atom stereocenters. The highest BCUT2D eigenvalue weighted by Gasteiger charge is 2.36. The van der Waals surface area contributed by atoms with E-state index in [1.807, 2.05) is 12.1 Å². The predicted molar refractivity (Wildman–Crippen MR) is 85.0 cm³/mol. The van der Waals surface area contributed by atoms with Crippen molar-refractivity contribution in [3.63, 3.8) is 0 Å². The van der Waals surface area contributed by atoms with Crippen LogP contribution in [0.15, 0.2) is 24.3 Å². The summed E-state index contributed by atoms with van der Waals surface area (Å²) >= 11 is 0. The van der Waals surface area contributed by atoms with Crippen LogP contribution in [0.1, 0.15) is 52.0 Å². The third-order valence-corrected chi connectivity index (χ3v) is 4.94. The summed E-state index contributed by atoms with van der Waals surface area (Å²) < 4.78 is 5.45. The summed E-state index contributed by atoms with van der Waals surface area (Å²) in [4.78, 5) is 0. The van der Waals surface area contributed by atoms with Crippen molar-refractivity contribution in [3.8, 4) is 5.75 Å². The molecule has 0 heterocycles. The lowest BCUT2D eigenvalue weighted by Crippen LogP contribution is -2.46. The van der Waals surface area contributed by atoms with Gasteiger partial charge in [-0.2, -0.15) is 0 Å². The first-order valence-corrected chi connectivity index (χ1v) is 7.75. The Hall–Kier alpha value is -1.02. The number of rotatable bonds is 3. The summed E-state index contributed by atoms with van der Waals surface area (Å²) in [6.45, 7) is 7.05. The van der Waals surface area contributed by atoms with Gasteiger partial charge in [0, 0.05) is 5.54 Å². The Balaban J connectivity index is 2.03. The maximum atomic E-state index is 6.66. The van der Waals surface area contributed by atoms with Gasteiger partial charge < -0.3 is 10.5 Å². The second kappa shape index (κ2) is 5.77. The summed E-state index contributed by atoms with van der Waals surface area (Å²) in [6, 6.07) is 8.26. The minimum Gasteiger partial charge on any atom is -0.496 e. The van der Waals surface area contributed by atoms with Crippen molar-refractivity contribution in [3.05, 3.63) is 29.8 Å². The average molecular weight is 275 g/mol. The molecule has 1 aliphatic carbocycles. The van der Waals surface area contributed by atoms with Crippen LogP contribution in [0.2, 0.25) is 0 Å². The van der Waals surface area contributed by atoms with Gasteiger partial charge in [0.15, 0.2) is 0 Å². The van der Waals surface area contributed by atoms with Crippen LogP contribution in [-0.4, -0.2) is 12.6 Å². The van der Waals surface area contributed by atoms with E-state index in [1.165, 1.54) is 18.4 Å². The molecule has 20 heavy (non-hydrogen) atoms. The fourth-order valence-electron chi connectivity index (χ4n) is 3.46. The Morgan fingerprint density at radius 1 is 1.20 bits per heavy atom. The molecule has 2 rings (SSSR count). The fraction of sp³-hybridized carbons (Fsp3) is 0.667. The molecule has 0 bridgehead atoms. The maximum Gasteiger partial charge on any atom is 0.122 e. The molecule has 0 aliphatic heterocycles. The van der Waals surface area contributed by atoms with E-state index in [2.05, 4.69) is 32.9 Å². The highest BCUT2D eigenvalue weighted by atomic mass is 16.5. The van der Waals surface area contributed by atoms with Crippen LogP contribution in [0, 0.1) is 11.3 Å². The van der Waals surface area contributed by atoms with Gasteiger partial charge in [-0.1, -0.05) is 39.0 Å². The van der Waals surface area contributed by atoms with E-state index in [9.17, 15) is 0 Å². The van der Waals surface area contributed by atoms with Gasteiger partial charge >= 0.3 is 0 Å². The second-order valence-electron chi connectivity index (χ2n) is 7.49. The molecule has 112 valence electrons. The predicted octanol–water partition coefficient (Wildman–Crippen LogP) is 4.17. The largest absolute Gasteiger partial charge is 0.496 e. The molecule has 0 atom stereocenters. The van der Waals surface area contributed by atoms with Crippen LogP contribution in [0.3, 0.4) is 0 Å². The highest BCUT2D eigenvalue weighted by molar-refractivity contribution is 5.34. The number of nitrogens with two attached hydrogens (primary N) is 1. The number of para-hydroxylation sites is 1. The van der Waals surface area contributed by atoms with Crippen LogP contribution in [0.4, 0.5) is 0 Å². The van der Waals surface area contributed by atoms with Gasteiger partial charge in [-0.15, -0.1) is 0 Å². The Labute approximate surface area is 123 Å². The van der Waals surface area contributed by atoms with E-state index in [0.29, 0.717) is 5.41 Å². The number of hydrogen-bond acceptors (Lipinski definition) is 2. The van der Waals surface area contributed by atoms with Gasteiger partial charge in [-0.25, -0.2) is 0 Å². The monoisotopic (exact) mass is 275 g/mol. The average Bonchev–Trinajstić information content (AvgIpc) is 2.38. The molecule has 1 fully saturated rings. The van der Waals surface area contributed by atoms with Crippen molar-refractivity contribution in [2.45, 2.75) is 58.4 Å². The molecule has 1 saturated carbocycles. The van der Waals surface area contributed by atoms with Crippen molar-refractivity contribution in [2.24, 2.45) is 17.1 Å². The van der Waals surface area contributed by atoms with Crippen LogP contribution in [-0.2, 0) is 6.42 Å². The van der Waals surface area contributed by atoms with Gasteiger partial charge in [-0.05, 0) is 55.1 Å². The Kier molecular flexibility index (Phi) is 4.43. The third-order valence-electron chi connectivity index (χ3n) is 4.94. The van der Waals surface area contributed by atoms with Crippen LogP contribution in [0.25, 0.3) is 0 Å². The zero-order chi connectivity index (χ0) is 14.8. The van der Waals surface area contributed by atoms with Crippen LogP contribution >= 0.6 is 0 Å². The molecule has 1 aliphatic rings. The zero-order valence-corrected chi connectivity index (χ0v) is 13.4. The lowest BCUT2D eigenvalue weighted by Gasteiger charge is -2.42. The standard InChI is InChI=1S/C18H29NO/c1-17(2,3)15-9-11-18(19,12-10-15)13-14-7-5-6-8-16(14)20-4/h5-8,15H,9-13,19H2,1-4H3. The zero-order valence-electron chi connectivity index (χ0n) is 13.4. The van der Waals surface area contributed by atoms with E-state index >= 15 is 0 Å². The molecule has 0 aromatic heterocycles. The first kappa shape index (κ1) is 15.4. The molecule has 0 saturated heterocycles. The molecule has 0 spiro atoms. The quantitative estimate of drug-likeness (QED) is 0.898. The third kappa shape index (κ3) is 3.54. The Morgan fingerprint density at radius 2 is 1.80 bits per heavy atom. The molecular formula is C18H29NO. The molecular weight excluding hydrogens is 246 g/mol. The Morgan fingerprint density at radius 3 is 2.35 bits per heavy atom. The normalized spacial score (nSPS) is 27.4. The van der Waals surface area contributed by atoms with Crippen molar-refractivity contribution >= 4 is 0 Å². The van der Waals surface area contributed by atoms with Gasteiger partial charge in [0.25, 0.3) is 0 Å². The van der Waals surface area contributed by atoms with Gasteiger partial charge in [0.1, 0.15) is 5.75 Å². The summed E-state index contributed by atoms with van der Waals surface area (Å²) in [5.74, 6) is 1.77. The molecule has 0 radical (unpaired) electrons. The van der Waals surface area contributed by atoms with Crippen molar-refractivity contribution in [1.29, 1.82) is 0 Å². The number of benzene rings is 1. The van der Waals surface area contributed by atoms with E-state index in [-0.39, 0.29) is 5.54 Å². The van der Waals surface area contributed by atoms with E-state index in [0.717, 1.165) is 30.9 Å². The van der Waals surface area contributed by atoms with Crippen LogP contribution < -0.4 is 10.5 Å². The minimum atomic E-state index is -0.0591. The number of methoxy groups -OCH3 is 1. The van der Waals surface area contributed by atoms with E-state index in [1.54, 1.807) is 7.11 Å². The lowest BCUT2D eigenvalue weighted by atomic mass is 9.66. The minimum absolute atomic E-state index is 0.0591. The van der Waals surface area contributed by atoms with Gasteiger partial charge in [0.2, 0.25) is 0 Å². The van der Waals surface area contributed by atoms with E-state index in [4.69, 9.17) is 10.5 Å². The molecule has 2 heteroatoms. The van der Waals surface area contributed by atoms with Crippen molar-refractivity contribution in [2.75, 3.05) is 7.11 Å². The van der Waals surface area contributed by atoms with Gasteiger partial charge in [0.05, 0.1) is 7.11 Å². The molecule has 0 amide bonds. The summed E-state index contributed by atoms with van der Waals surface area (Å²) in [7, 11) is 1.73.